The molecule has 1 amide bonds. The van der Waals surface area contributed by atoms with E-state index in [1.807, 2.05) is 47.4 Å². The van der Waals surface area contributed by atoms with Crippen molar-refractivity contribution in [2.45, 2.75) is 19.4 Å². The molecule has 0 unspecified atom stereocenters. The summed E-state index contributed by atoms with van der Waals surface area (Å²) in [6, 6.07) is 17.2. The lowest BCUT2D eigenvalue weighted by Crippen LogP contribution is -2.31. The van der Waals surface area contributed by atoms with E-state index in [2.05, 4.69) is 0 Å². The van der Waals surface area contributed by atoms with Crippen LogP contribution in [0.3, 0.4) is 0 Å². The summed E-state index contributed by atoms with van der Waals surface area (Å²) >= 11 is 0. The first-order valence-electron chi connectivity index (χ1n) is 7.88. The van der Waals surface area contributed by atoms with E-state index in [-0.39, 0.29) is 18.3 Å². The van der Waals surface area contributed by atoms with Crippen molar-refractivity contribution in [3.05, 3.63) is 65.7 Å². The molecule has 0 aliphatic rings. The van der Waals surface area contributed by atoms with E-state index >= 15 is 0 Å². The molecule has 24 heavy (non-hydrogen) atoms. The zero-order chi connectivity index (χ0) is 16.5. The fourth-order valence-electron chi connectivity index (χ4n) is 2.46. The number of nitrogen functional groups attached to an aromatic ring is 1. The zero-order valence-electron chi connectivity index (χ0n) is 14.0. The number of ether oxygens (including phenoxy) is 1. The summed E-state index contributed by atoms with van der Waals surface area (Å²) in [5.41, 5.74) is 8.16. The van der Waals surface area contributed by atoms with Crippen molar-refractivity contribution in [3.63, 3.8) is 0 Å². The number of rotatable bonds is 8. The van der Waals surface area contributed by atoms with Gasteiger partial charge in [-0.15, -0.1) is 12.4 Å². The predicted molar refractivity (Wildman–Crippen MR) is 100 cm³/mol. The fourth-order valence-corrected chi connectivity index (χ4v) is 2.46. The standard InChI is InChI=1S/C19H24N2O2.ClH/c1-23-13-6-5-12-21(15-16-8-3-2-4-9-16)19(22)17-10-7-11-18(20)14-17;/h2-4,7-11,14H,5-6,12-13,15,20H2,1H3;1H. The molecule has 0 heterocycles. The van der Waals surface area contributed by atoms with Gasteiger partial charge in [0.1, 0.15) is 0 Å². The molecule has 130 valence electrons. The summed E-state index contributed by atoms with van der Waals surface area (Å²) in [7, 11) is 1.69. The SMILES string of the molecule is COCCCCN(Cc1ccccc1)C(=O)c1cccc(N)c1.Cl. The number of nitrogens with zero attached hydrogens (tertiary/aromatic N) is 1. The van der Waals surface area contributed by atoms with Gasteiger partial charge in [0.25, 0.3) is 5.91 Å². The first kappa shape index (κ1) is 20.0. The molecule has 0 fully saturated rings. The Bertz CT molecular complexity index is 620. The number of halogens is 1. The Morgan fingerprint density at radius 3 is 2.50 bits per heavy atom. The van der Waals surface area contributed by atoms with Crippen LogP contribution in [0.25, 0.3) is 0 Å². The maximum Gasteiger partial charge on any atom is 0.254 e. The van der Waals surface area contributed by atoms with Crippen LogP contribution in [-0.4, -0.2) is 31.1 Å². The molecule has 0 spiro atoms. The summed E-state index contributed by atoms with van der Waals surface area (Å²) in [6.45, 7) is 2.01. The molecular formula is C19H25ClN2O2. The molecule has 2 aromatic rings. The number of carbonyl (C=O) groups excluding carboxylic acids is 1. The van der Waals surface area contributed by atoms with Crippen LogP contribution >= 0.6 is 12.4 Å². The fraction of sp³-hybridized carbons (Fsp3) is 0.316. The Balaban J connectivity index is 0.00000288. The number of methoxy groups -OCH3 is 1. The molecule has 4 nitrogen and oxygen atoms in total. The summed E-state index contributed by atoms with van der Waals surface area (Å²) in [6.07, 6.45) is 1.85. The van der Waals surface area contributed by atoms with Gasteiger partial charge in [-0.3, -0.25) is 4.79 Å². The monoisotopic (exact) mass is 348 g/mol. The number of amides is 1. The minimum Gasteiger partial charge on any atom is -0.399 e. The third kappa shape index (κ3) is 6.22. The van der Waals surface area contributed by atoms with Crippen molar-refractivity contribution < 1.29 is 9.53 Å². The van der Waals surface area contributed by atoms with Crippen molar-refractivity contribution in [3.8, 4) is 0 Å². The Hall–Kier alpha value is -2.04. The molecule has 0 aliphatic heterocycles. The van der Waals surface area contributed by atoms with Crippen LogP contribution < -0.4 is 5.73 Å². The average molecular weight is 349 g/mol. The molecule has 5 heteroatoms. The lowest BCUT2D eigenvalue weighted by atomic mass is 10.1. The number of nitrogens with two attached hydrogens (primary N) is 1. The number of carbonyl (C=O) groups is 1. The van der Waals surface area contributed by atoms with Crippen LogP contribution in [0.15, 0.2) is 54.6 Å². The highest BCUT2D eigenvalue weighted by Gasteiger charge is 2.16. The van der Waals surface area contributed by atoms with E-state index in [4.69, 9.17) is 10.5 Å². The van der Waals surface area contributed by atoms with E-state index in [0.29, 0.717) is 30.9 Å². The van der Waals surface area contributed by atoms with E-state index in [1.54, 1.807) is 19.2 Å². The van der Waals surface area contributed by atoms with Crippen molar-refractivity contribution in [2.24, 2.45) is 0 Å². The molecule has 2 rings (SSSR count). The van der Waals surface area contributed by atoms with E-state index in [0.717, 1.165) is 18.4 Å². The second kappa shape index (κ2) is 10.7. The van der Waals surface area contributed by atoms with Gasteiger partial charge in [0.2, 0.25) is 0 Å². The van der Waals surface area contributed by atoms with Gasteiger partial charge >= 0.3 is 0 Å². The normalized spacial score (nSPS) is 10.0. The second-order valence-electron chi connectivity index (χ2n) is 5.54. The van der Waals surface area contributed by atoms with Crippen LogP contribution in [-0.2, 0) is 11.3 Å². The van der Waals surface area contributed by atoms with Crippen LogP contribution in [0.1, 0.15) is 28.8 Å². The molecular weight excluding hydrogens is 324 g/mol. The van der Waals surface area contributed by atoms with Gasteiger partial charge in [-0.2, -0.15) is 0 Å². The molecule has 0 radical (unpaired) electrons. The molecule has 2 N–H and O–H groups in total. The van der Waals surface area contributed by atoms with E-state index in [9.17, 15) is 4.79 Å². The van der Waals surface area contributed by atoms with Gasteiger partial charge in [0.15, 0.2) is 0 Å². The highest BCUT2D eigenvalue weighted by atomic mass is 35.5. The molecule has 0 aromatic heterocycles. The minimum absolute atomic E-state index is 0. The quantitative estimate of drug-likeness (QED) is 0.583. The van der Waals surface area contributed by atoms with Gasteiger partial charge in [0, 0.05) is 38.1 Å². The van der Waals surface area contributed by atoms with E-state index < -0.39 is 0 Å². The van der Waals surface area contributed by atoms with E-state index in [1.165, 1.54) is 0 Å². The van der Waals surface area contributed by atoms with Gasteiger partial charge in [-0.1, -0.05) is 36.4 Å². The second-order valence-corrected chi connectivity index (χ2v) is 5.54. The number of hydrogen-bond donors (Lipinski definition) is 1. The van der Waals surface area contributed by atoms with Gasteiger partial charge in [-0.25, -0.2) is 0 Å². The van der Waals surface area contributed by atoms with Crippen molar-refractivity contribution >= 4 is 24.0 Å². The Kier molecular flexibility index (Phi) is 8.90. The summed E-state index contributed by atoms with van der Waals surface area (Å²) in [4.78, 5) is 14.7. The van der Waals surface area contributed by atoms with Crippen LogP contribution in [0.2, 0.25) is 0 Å². The highest BCUT2D eigenvalue weighted by molar-refractivity contribution is 5.95. The van der Waals surface area contributed by atoms with Gasteiger partial charge in [0.05, 0.1) is 0 Å². The Morgan fingerprint density at radius 2 is 1.83 bits per heavy atom. The molecule has 0 saturated heterocycles. The first-order chi connectivity index (χ1) is 11.2. The lowest BCUT2D eigenvalue weighted by Gasteiger charge is -2.23. The van der Waals surface area contributed by atoms with Crippen LogP contribution in [0, 0.1) is 0 Å². The summed E-state index contributed by atoms with van der Waals surface area (Å²) < 4.78 is 5.08. The Morgan fingerprint density at radius 1 is 1.08 bits per heavy atom. The minimum atomic E-state index is 0. The maximum atomic E-state index is 12.8. The zero-order valence-corrected chi connectivity index (χ0v) is 14.8. The molecule has 0 bridgehead atoms. The largest absolute Gasteiger partial charge is 0.399 e. The number of hydrogen-bond acceptors (Lipinski definition) is 3. The topological polar surface area (TPSA) is 55.6 Å². The molecule has 0 saturated carbocycles. The molecule has 0 aliphatic carbocycles. The lowest BCUT2D eigenvalue weighted by molar-refractivity contribution is 0.0735. The van der Waals surface area contributed by atoms with Gasteiger partial charge < -0.3 is 15.4 Å². The maximum absolute atomic E-state index is 12.8. The highest BCUT2D eigenvalue weighted by Crippen LogP contribution is 2.13. The van der Waals surface area contributed by atoms with Gasteiger partial charge in [-0.05, 0) is 36.6 Å². The third-order valence-corrected chi connectivity index (χ3v) is 3.66. The molecule has 0 atom stereocenters. The summed E-state index contributed by atoms with van der Waals surface area (Å²) in [5, 5.41) is 0. The van der Waals surface area contributed by atoms with Crippen LogP contribution in [0.5, 0.6) is 0 Å². The van der Waals surface area contributed by atoms with Crippen molar-refractivity contribution in [2.75, 3.05) is 26.0 Å². The predicted octanol–water partition coefficient (Wildman–Crippen LogP) is 3.76. The third-order valence-electron chi connectivity index (χ3n) is 3.66. The first-order valence-corrected chi connectivity index (χ1v) is 7.88. The van der Waals surface area contributed by atoms with Crippen LogP contribution in [0.4, 0.5) is 5.69 Å². The number of benzene rings is 2. The molecule has 2 aromatic carbocycles. The van der Waals surface area contributed by atoms with Crippen molar-refractivity contribution in [1.29, 1.82) is 0 Å². The number of anilines is 1. The van der Waals surface area contributed by atoms with Crippen molar-refractivity contribution in [1.82, 2.24) is 4.90 Å². The smallest absolute Gasteiger partial charge is 0.254 e. The summed E-state index contributed by atoms with van der Waals surface area (Å²) in [5.74, 6) is 0.0126. The number of unbranched alkanes of at least 4 members (excludes halogenated alkanes) is 1. The average Bonchev–Trinajstić information content (AvgIpc) is 2.58. The Labute approximate surface area is 150 Å².